The molecular weight excluding hydrogens is 502 g/mol. The van der Waals surface area contributed by atoms with Gasteiger partial charge in [0.25, 0.3) is 0 Å². The summed E-state index contributed by atoms with van der Waals surface area (Å²) in [6.45, 7) is 9.56. The molecule has 202 valence electrons. The Balaban J connectivity index is 1.98. The van der Waals surface area contributed by atoms with Crippen LogP contribution in [-0.2, 0) is 40.2 Å². The van der Waals surface area contributed by atoms with E-state index in [1.54, 1.807) is 43.9 Å². The van der Waals surface area contributed by atoms with Gasteiger partial charge in [0.1, 0.15) is 17.5 Å². The minimum absolute atomic E-state index is 0.0740. The Bertz CT molecular complexity index is 1180. The number of hydrogen-bond acceptors (Lipinski definition) is 9. The second kappa shape index (κ2) is 9.39. The van der Waals surface area contributed by atoms with E-state index >= 15 is 0 Å². The summed E-state index contributed by atoms with van der Waals surface area (Å²) in [7, 11) is -1.35. The highest BCUT2D eigenvalue weighted by Crippen LogP contribution is 2.61. The zero-order valence-electron chi connectivity index (χ0n) is 22.1. The normalized spacial score (nSPS) is 27.3. The molecule has 1 aromatic rings. The number of benzene rings is 1. The number of rotatable bonds is 4. The molecular formula is C25H33N3O8S. The molecule has 11 nitrogen and oxygen atoms in total. The van der Waals surface area contributed by atoms with Crippen LogP contribution < -0.4 is 9.64 Å². The molecule has 0 bridgehead atoms. The van der Waals surface area contributed by atoms with Crippen molar-refractivity contribution < 1.29 is 37.7 Å². The number of esters is 1. The molecule has 0 saturated carbocycles. The third kappa shape index (κ3) is 4.61. The van der Waals surface area contributed by atoms with E-state index in [9.17, 15) is 23.4 Å². The van der Waals surface area contributed by atoms with Crippen LogP contribution in [0.2, 0.25) is 0 Å². The fourth-order valence-corrected chi connectivity index (χ4v) is 6.88. The van der Waals surface area contributed by atoms with Crippen molar-refractivity contribution in [3.05, 3.63) is 23.8 Å². The lowest BCUT2D eigenvalue weighted by Crippen LogP contribution is -2.56. The number of nitrogens with zero attached hydrogens (tertiary/aromatic N) is 3. The zero-order valence-corrected chi connectivity index (χ0v) is 22.9. The van der Waals surface area contributed by atoms with E-state index in [-0.39, 0.29) is 11.7 Å². The van der Waals surface area contributed by atoms with E-state index in [1.165, 1.54) is 37.0 Å². The molecule has 0 aliphatic carbocycles. The van der Waals surface area contributed by atoms with E-state index in [0.29, 0.717) is 30.0 Å². The summed E-state index contributed by atoms with van der Waals surface area (Å²) >= 11 is 0. The topological polar surface area (TPSA) is 123 Å². The van der Waals surface area contributed by atoms with Gasteiger partial charge in [0.15, 0.2) is 0 Å². The summed E-state index contributed by atoms with van der Waals surface area (Å²) in [5.74, 6) is -0.970. The van der Waals surface area contributed by atoms with Crippen molar-refractivity contribution >= 4 is 40.4 Å². The summed E-state index contributed by atoms with van der Waals surface area (Å²) in [4.78, 5) is 59.3. The van der Waals surface area contributed by atoms with Crippen LogP contribution in [0.25, 0.3) is 0 Å². The van der Waals surface area contributed by atoms with E-state index < -0.39 is 58.1 Å². The number of hydroxylamine groups is 2. The highest BCUT2D eigenvalue weighted by Gasteiger charge is 2.73. The number of carbonyl (C=O) groups is 4. The van der Waals surface area contributed by atoms with Crippen molar-refractivity contribution in [1.82, 2.24) is 9.96 Å². The summed E-state index contributed by atoms with van der Waals surface area (Å²) in [6.07, 6.45) is 0.460. The van der Waals surface area contributed by atoms with Gasteiger partial charge in [-0.1, -0.05) is 0 Å². The minimum atomic E-state index is -1.35. The average Bonchev–Trinajstić information content (AvgIpc) is 3.31. The van der Waals surface area contributed by atoms with Crippen molar-refractivity contribution in [2.24, 2.45) is 0 Å². The molecule has 1 aromatic carbocycles. The maximum absolute atomic E-state index is 13.8. The Labute approximate surface area is 218 Å². The molecule has 12 heteroatoms. The van der Waals surface area contributed by atoms with Crippen LogP contribution in [0, 0.1) is 0 Å². The predicted molar refractivity (Wildman–Crippen MR) is 134 cm³/mol. The van der Waals surface area contributed by atoms with E-state index in [0.717, 1.165) is 0 Å². The maximum atomic E-state index is 13.8. The molecule has 2 amide bonds. The number of likely N-dealkylation sites (tertiary alicyclic amines) is 1. The first-order valence-electron chi connectivity index (χ1n) is 12.1. The first kappa shape index (κ1) is 27.1. The summed E-state index contributed by atoms with van der Waals surface area (Å²) in [5, 5.41) is 1.53. The fraction of sp³-hybridized carbons (Fsp3) is 0.600. The minimum Gasteiger partial charge on any atom is -0.444 e. The molecule has 0 N–H and O–H groups in total. The number of fused-ring (bicyclic) bond motifs is 1. The standard InChI is InChI=1S/C25H33N3O8S/c1-14(29)27-19-9-8-17(34-15(2)30)12-18(19)25-10-11-26(36-16(3)31)21(25)20(13-37(7)33)28(22(25)27)23(32)35-24(4,5)6/h8-9,12,20-22H,10-11,13H2,1-7H3/t20-,21-,22-,25?,37?/m1/s1. The first-order valence-corrected chi connectivity index (χ1v) is 13.8. The van der Waals surface area contributed by atoms with Crippen molar-refractivity contribution in [2.45, 2.75) is 77.2 Å². The van der Waals surface area contributed by atoms with Gasteiger partial charge >= 0.3 is 18.0 Å². The summed E-state index contributed by atoms with van der Waals surface area (Å²) in [5.41, 5.74) is -0.507. The number of anilines is 1. The molecule has 2 fully saturated rings. The van der Waals surface area contributed by atoms with Gasteiger partial charge in [-0.2, -0.15) is 0 Å². The van der Waals surface area contributed by atoms with Gasteiger partial charge in [0.05, 0.1) is 23.2 Å². The molecule has 1 spiro atoms. The summed E-state index contributed by atoms with van der Waals surface area (Å²) < 4.78 is 23.7. The van der Waals surface area contributed by atoms with Crippen LogP contribution in [-0.4, -0.2) is 80.5 Å². The Morgan fingerprint density at radius 3 is 2.32 bits per heavy atom. The lowest BCUT2D eigenvalue weighted by atomic mass is 9.74. The SMILES string of the molecule is CC(=O)Oc1ccc2c(c1)C13CCN(OC(C)=O)[C@@H]1[C@@H](CS(C)=O)N(C(=O)OC(C)(C)C)[C@H]3N2C(C)=O. The first-order chi connectivity index (χ1) is 17.2. The van der Waals surface area contributed by atoms with Crippen LogP contribution in [0.1, 0.15) is 53.5 Å². The Morgan fingerprint density at radius 2 is 1.78 bits per heavy atom. The maximum Gasteiger partial charge on any atom is 0.412 e. The lowest BCUT2D eigenvalue weighted by Gasteiger charge is -2.38. The number of amides is 2. The molecule has 3 aliphatic rings. The average molecular weight is 536 g/mol. The zero-order chi connectivity index (χ0) is 27.4. The van der Waals surface area contributed by atoms with Crippen LogP contribution in [0.3, 0.4) is 0 Å². The molecule has 3 aliphatic heterocycles. The van der Waals surface area contributed by atoms with Gasteiger partial charge in [0.2, 0.25) is 5.91 Å². The summed E-state index contributed by atoms with van der Waals surface area (Å²) in [6, 6.07) is 3.65. The highest BCUT2D eigenvalue weighted by atomic mass is 32.2. The van der Waals surface area contributed by atoms with Crippen molar-refractivity contribution in [1.29, 1.82) is 0 Å². The van der Waals surface area contributed by atoms with Crippen LogP contribution >= 0.6 is 0 Å². The van der Waals surface area contributed by atoms with Gasteiger partial charge < -0.3 is 14.3 Å². The molecule has 0 radical (unpaired) electrons. The van der Waals surface area contributed by atoms with Gasteiger partial charge in [-0.3, -0.25) is 28.4 Å². The molecule has 5 atom stereocenters. The van der Waals surface area contributed by atoms with Gasteiger partial charge in [-0.05, 0) is 51.0 Å². The van der Waals surface area contributed by atoms with Gasteiger partial charge in [-0.25, -0.2) is 4.79 Å². The van der Waals surface area contributed by atoms with Gasteiger partial charge in [0, 0.05) is 50.1 Å². The highest BCUT2D eigenvalue weighted by molar-refractivity contribution is 7.84. The Hall–Kier alpha value is -2.99. The van der Waals surface area contributed by atoms with E-state index in [1.807, 2.05) is 0 Å². The number of carbonyl (C=O) groups excluding carboxylic acids is 4. The largest absolute Gasteiger partial charge is 0.444 e. The van der Waals surface area contributed by atoms with E-state index in [2.05, 4.69) is 0 Å². The third-order valence-electron chi connectivity index (χ3n) is 6.86. The number of hydrogen-bond donors (Lipinski definition) is 0. The Morgan fingerprint density at radius 1 is 1.11 bits per heavy atom. The second-order valence-electron chi connectivity index (χ2n) is 10.7. The van der Waals surface area contributed by atoms with Crippen LogP contribution in [0.4, 0.5) is 10.5 Å². The molecule has 3 heterocycles. The van der Waals surface area contributed by atoms with Crippen molar-refractivity contribution in [3.63, 3.8) is 0 Å². The number of ether oxygens (including phenoxy) is 2. The van der Waals surface area contributed by atoms with Crippen molar-refractivity contribution in [2.75, 3.05) is 23.5 Å². The van der Waals surface area contributed by atoms with Gasteiger partial charge in [-0.15, -0.1) is 5.06 Å². The van der Waals surface area contributed by atoms with E-state index in [4.69, 9.17) is 14.3 Å². The molecule has 2 unspecified atom stereocenters. The third-order valence-corrected chi connectivity index (χ3v) is 7.67. The second-order valence-corrected chi connectivity index (χ2v) is 12.2. The molecule has 2 saturated heterocycles. The Kier molecular flexibility index (Phi) is 6.87. The monoisotopic (exact) mass is 535 g/mol. The molecule has 37 heavy (non-hydrogen) atoms. The van der Waals surface area contributed by atoms with Crippen LogP contribution in [0.5, 0.6) is 5.75 Å². The smallest absolute Gasteiger partial charge is 0.412 e. The fourth-order valence-electron chi connectivity index (χ4n) is 6.06. The van der Waals surface area contributed by atoms with Crippen LogP contribution in [0.15, 0.2) is 18.2 Å². The predicted octanol–water partition coefficient (Wildman–Crippen LogP) is 2.09. The molecule has 4 rings (SSSR count). The van der Waals surface area contributed by atoms with Crippen molar-refractivity contribution in [3.8, 4) is 5.75 Å². The quantitative estimate of drug-likeness (QED) is 0.421. The molecule has 0 aromatic heterocycles. The lowest BCUT2D eigenvalue weighted by molar-refractivity contribution is -0.195.